The van der Waals surface area contributed by atoms with Gasteiger partial charge in [-0.25, -0.2) is 9.38 Å². The average Bonchev–Trinajstić information content (AvgIpc) is 3.53. The number of halogens is 2. The summed E-state index contributed by atoms with van der Waals surface area (Å²) in [4.78, 5) is 38.4. The maximum atomic E-state index is 14.4. The van der Waals surface area contributed by atoms with E-state index in [1.165, 1.54) is 12.1 Å². The van der Waals surface area contributed by atoms with E-state index in [1.54, 1.807) is 18.2 Å². The van der Waals surface area contributed by atoms with Crippen molar-refractivity contribution in [3.63, 3.8) is 0 Å². The molecule has 1 fully saturated rings. The van der Waals surface area contributed by atoms with Crippen LogP contribution in [0.2, 0.25) is 5.02 Å². The SMILES string of the molecule is CC(C)CC[C@H](c1ccc(C(=O)NCC2=NCN=N2)cc1)N1C(=O)C(c2cc(F)cc(Cl)c2)=NC12CC(C)CC(C)C2. The Kier molecular flexibility index (Phi) is 8.87. The zero-order valence-corrected chi connectivity index (χ0v) is 25.4. The van der Waals surface area contributed by atoms with Gasteiger partial charge >= 0.3 is 0 Å². The normalized spacial score (nSPS) is 24.4. The first kappa shape index (κ1) is 30.0. The van der Waals surface area contributed by atoms with Gasteiger partial charge in [-0.1, -0.05) is 51.4 Å². The molecule has 10 heteroatoms. The first-order chi connectivity index (χ1) is 20.0. The lowest BCUT2D eigenvalue weighted by Crippen LogP contribution is -2.52. The Bertz CT molecular complexity index is 1410. The number of hydrogen-bond acceptors (Lipinski definition) is 6. The van der Waals surface area contributed by atoms with E-state index in [0.29, 0.717) is 41.4 Å². The molecule has 222 valence electrons. The van der Waals surface area contributed by atoms with Gasteiger partial charge in [-0.05, 0) is 85.8 Å². The predicted molar refractivity (Wildman–Crippen MR) is 162 cm³/mol. The number of nitrogens with one attached hydrogen (secondary N) is 1. The fourth-order valence-corrected chi connectivity index (χ4v) is 6.89. The summed E-state index contributed by atoms with van der Waals surface area (Å²) in [6.07, 6.45) is 4.16. The van der Waals surface area contributed by atoms with E-state index in [0.717, 1.165) is 37.7 Å². The van der Waals surface area contributed by atoms with Crippen LogP contribution in [-0.4, -0.2) is 47.1 Å². The molecule has 8 nitrogen and oxygen atoms in total. The van der Waals surface area contributed by atoms with Gasteiger partial charge < -0.3 is 10.2 Å². The van der Waals surface area contributed by atoms with Crippen molar-refractivity contribution in [1.29, 1.82) is 0 Å². The molecular formula is C32H38ClFN6O2. The van der Waals surface area contributed by atoms with Crippen LogP contribution < -0.4 is 5.32 Å². The summed E-state index contributed by atoms with van der Waals surface area (Å²) in [5.74, 6) is 0.709. The van der Waals surface area contributed by atoms with Gasteiger partial charge in [0.15, 0.2) is 12.5 Å². The molecule has 1 spiro atoms. The van der Waals surface area contributed by atoms with E-state index in [9.17, 15) is 14.0 Å². The number of amides is 2. The fraction of sp³-hybridized carbons (Fsp3) is 0.500. The molecule has 1 saturated carbocycles. The van der Waals surface area contributed by atoms with Crippen LogP contribution in [0.3, 0.4) is 0 Å². The van der Waals surface area contributed by atoms with Gasteiger partial charge in [0.25, 0.3) is 11.8 Å². The van der Waals surface area contributed by atoms with E-state index in [1.807, 2.05) is 17.0 Å². The zero-order valence-electron chi connectivity index (χ0n) is 24.6. The Morgan fingerprint density at radius 2 is 1.83 bits per heavy atom. The second-order valence-electron chi connectivity index (χ2n) is 12.4. The molecule has 1 N–H and O–H groups in total. The third-order valence-corrected chi connectivity index (χ3v) is 8.50. The third-order valence-electron chi connectivity index (χ3n) is 8.28. The van der Waals surface area contributed by atoms with Gasteiger partial charge in [0.2, 0.25) is 0 Å². The lowest BCUT2D eigenvalue weighted by atomic mass is 9.75. The molecule has 5 rings (SSSR count). The van der Waals surface area contributed by atoms with E-state index in [-0.39, 0.29) is 35.1 Å². The number of carbonyl (C=O) groups is 2. The van der Waals surface area contributed by atoms with Crippen molar-refractivity contribution >= 4 is 35.0 Å². The molecule has 3 atom stereocenters. The fourth-order valence-electron chi connectivity index (χ4n) is 6.67. The molecule has 2 aromatic carbocycles. The van der Waals surface area contributed by atoms with Gasteiger partial charge in [0, 0.05) is 16.1 Å². The molecule has 2 aliphatic heterocycles. The van der Waals surface area contributed by atoms with Gasteiger partial charge in [-0.15, -0.1) is 5.11 Å². The number of azo groups is 1. The lowest BCUT2D eigenvalue weighted by Gasteiger charge is -2.47. The minimum absolute atomic E-state index is 0.208. The van der Waals surface area contributed by atoms with Gasteiger partial charge in [0.1, 0.15) is 17.2 Å². The summed E-state index contributed by atoms with van der Waals surface area (Å²) in [5, 5.41) is 10.8. The summed E-state index contributed by atoms with van der Waals surface area (Å²) >= 11 is 6.21. The Morgan fingerprint density at radius 1 is 1.12 bits per heavy atom. The number of rotatable bonds is 9. The van der Waals surface area contributed by atoms with Crippen molar-refractivity contribution in [3.05, 3.63) is 70.0 Å². The molecule has 0 bridgehead atoms. The van der Waals surface area contributed by atoms with Crippen molar-refractivity contribution in [2.24, 2.45) is 38.0 Å². The predicted octanol–water partition coefficient (Wildman–Crippen LogP) is 6.99. The van der Waals surface area contributed by atoms with E-state index in [4.69, 9.17) is 16.6 Å². The van der Waals surface area contributed by atoms with Crippen LogP contribution in [0.25, 0.3) is 0 Å². The Balaban J connectivity index is 1.50. The minimum atomic E-state index is -0.740. The minimum Gasteiger partial charge on any atom is -0.345 e. The quantitative estimate of drug-likeness (QED) is 0.339. The van der Waals surface area contributed by atoms with Crippen molar-refractivity contribution in [2.75, 3.05) is 13.2 Å². The largest absolute Gasteiger partial charge is 0.345 e. The van der Waals surface area contributed by atoms with Crippen LogP contribution >= 0.6 is 11.6 Å². The van der Waals surface area contributed by atoms with Crippen LogP contribution in [0, 0.1) is 23.6 Å². The molecule has 0 aromatic heterocycles. The molecule has 2 amide bonds. The maximum Gasteiger partial charge on any atom is 0.275 e. The first-order valence-corrected chi connectivity index (χ1v) is 15.1. The highest BCUT2D eigenvalue weighted by molar-refractivity contribution is 6.47. The van der Waals surface area contributed by atoms with Crippen molar-refractivity contribution in [3.8, 4) is 0 Å². The highest BCUT2D eigenvalue weighted by Crippen LogP contribution is 2.49. The van der Waals surface area contributed by atoms with Crippen molar-refractivity contribution < 1.29 is 14.0 Å². The number of nitrogens with zero attached hydrogens (tertiary/aromatic N) is 5. The van der Waals surface area contributed by atoms with Crippen LogP contribution in [0.15, 0.2) is 62.7 Å². The molecule has 0 saturated heterocycles. The van der Waals surface area contributed by atoms with Crippen LogP contribution in [0.1, 0.15) is 87.3 Å². The highest BCUT2D eigenvalue weighted by atomic mass is 35.5. The Labute approximate surface area is 251 Å². The summed E-state index contributed by atoms with van der Waals surface area (Å²) in [5.41, 5.74) is 1.37. The van der Waals surface area contributed by atoms with Crippen LogP contribution in [-0.2, 0) is 4.79 Å². The van der Waals surface area contributed by atoms with Gasteiger partial charge in [0.05, 0.1) is 12.6 Å². The van der Waals surface area contributed by atoms with Crippen molar-refractivity contribution in [2.45, 2.75) is 71.5 Å². The second-order valence-corrected chi connectivity index (χ2v) is 12.8. The molecule has 2 unspecified atom stereocenters. The smallest absolute Gasteiger partial charge is 0.275 e. The highest BCUT2D eigenvalue weighted by Gasteiger charge is 2.53. The molecule has 3 aliphatic rings. The summed E-state index contributed by atoms with van der Waals surface area (Å²) in [7, 11) is 0. The summed E-state index contributed by atoms with van der Waals surface area (Å²) in [6.45, 7) is 9.27. The van der Waals surface area contributed by atoms with Gasteiger partial charge in [-0.3, -0.25) is 14.6 Å². The van der Waals surface area contributed by atoms with E-state index >= 15 is 0 Å². The standard InChI is InChI=1S/C32H38ClFN6O2/c1-19(2)5-10-27(22-6-8-23(9-7-22)30(41)35-17-28-36-18-37-39-28)40-31(42)29(24-12-25(33)14-26(34)13-24)38-32(40)15-20(3)11-21(4)16-32/h6-9,12-14,19-21,27H,5,10-11,15-18H2,1-4H3,(H,35,41)/t20?,21?,27-,32?/m1/s1. The molecule has 0 radical (unpaired) electrons. The second kappa shape index (κ2) is 12.4. The van der Waals surface area contributed by atoms with Crippen LogP contribution in [0.4, 0.5) is 4.39 Å². The lowest BCUT2D eigenvalue weighted by molar-refractivity contribution is -0.134. The molecular weight excluding hydrogens is 555 g/mol. The Morgan fingerprint density at radius 3 is 2.45 bits per heavy atom. The monoisotopic (exact) mass is 592 g/mol. The average molecular weight is 593 g/mol. The topological polar surface area (TPSA) is 98.9 Å². The molecule has 42 heavy (non-hydrogen) atoms. The summed E-state index contributed by atoms with van der Waals surface area (Å²) in [6, 6.07) is 11.4. The number of aliphatic imine (C=N–C) groups is 2. The third kappa shape index (κ3) is 6.46. The number of amidine groups is 1. The molecule has 2 aromatic rings. The summed E-state index contributed by atoms with van der Waals surface area (Å²) < 4.78 is 14.4. The van der Waals surface area contributed by atoms with E-state index < -0.39 is 11.5 Å². The first-order valence-electron chi connectivity index (χ1n) is 14.7. The Hall–Kier alpha value is -3.46. The van der Waals surface area contributed by atoms with E-state index in [2.05, 4.69) is 48.2 Å². The number of benzene rings is 2. The maximum absolute atomic E-state index is 14.4. The van der Waals surface area contributed by atoms with Crippen LogP contribution in [0.5, 0.6) is 0 Å². The number of hydrogen-bond donors (Lipinski definition) is 1. The number of carbonyl (C=O) groups excluding carboxylic acids is 2. The van der Waals surface area contributed by atoms with Crippen molar-refractivity contribution in [1.82, 2.24) is 10.2 Å². The zero-order chi connectivity index (χ0) is 30.0. The molecule has 2 heterocycles. The molecule has 1 aliphatic carbocycles. The van der Waals surface area contributed by atoms with Gasteiger partial charge in [-0.2, -0.15) is 5.11 Å².